The van der Waals surface area contributed by atoms with Gasteiger partial charge in [0.15, 0.2) is 5.82 Å². The van der Waals surface area contributed by atoms with Gasteiger partial charge in [-0.05, 0) is 36.2 Å². The van der Waals surface area contributed by atoms with Crippen molar-refractivity contribution in [3.05, 3.63) is 41.9 Å². The maximum Gasteiger partial charge on any atom is 0.194 e. The Hall–Kier alpha value is -2.21. The second-order valence-electron chi connectivity index (χ2n) is 4.89. The van der Waals surface area contributed by atoms with Gasteiger partial charge in [-0.3, -0.25) is 0 Å². The van der Waals surface area contributed by atoms with Crippen LogP contribution in [0.25, 0.3) is 10.9 Å². The van der Waals surface area contributed by atoms with Crippen LogP contribution in [0.1, 0.15) is 17.8 Å². The molecule has 2 N–H and O–H groups in total. The average Bonchev–Trinajstić information content (AvgIpc) is 3.02. The molecule has 3 rings (SSSR count). The van der Waals surface area contributed by atoms with E-state index in [9.17, 15) is 0 Å². The molecule has 1 aromatic carbocycles. The van der Waals surface area contributed by atoms with Crippen molar-refractivity contribution in [3.63, 3.8) is 0 Å². The van der Waals surface area contributed by atoms with E-state index < -0.39 is 0 Å². The summed E-state index contributed by atoms with van der Waals surface area (Å²) < 4.78 is 2.18. The zero-order valence-electron chi connectivity index (χ0n) is 11.5. The summed E-state index contributed by atoms with van der Waals surface area (Å²) in [6.07, 6.45) is 4.17. The Bertz CT molecular complexity index is 711. The van der Waals surface area contributed by atoms with Crippen LogP contribution in [0.4, 0.5) is 0 Å². The molecule has 3 aromatic rings. The summed E-state index contributed by atoms with van der Waals surface area (Å²) in [5, 5.41) is 13.4. The van der Waals surface area contributed by atoms with Gasteiger partial charge in [-0.15, -0.1) is 10.2 Å². The van der Waals surface area contributed by atoms with Gasteiger partial charge in [-0.2, -0.15) is 4.80 Å². The van der Waals surface area contributed by atoms with Crippen LogP contribution in [0.15, 0.2) is 30.5 Å². The molecule has 0 saturated heterocycles. The third-order valence-electron chi connectivity index (χ3n) is 3.38. The number of benzene rings is 1. The number of rotatable bonds is 5. The number of para-hydroxylation sites is 1. The number of nitrogens with zero attached hydrogens (tertiary/aromatic N) is 5. The van der Waals surface area contributed by atoms with Crippen molar-refractivity contribution in [1.82, 2.24) is 24.8 Å². The molecular weight excluding hydrogens is 252 g/mol. The van der Waals surface area contributed by atoms with Crippen LogP contribution < -0.4 is 5.73 Å². The van der Waals surface area contributed by atoms with E-state index in [4.69, 9.17) is 5.73 Å². The molecular formula is C14H18N6. The van der Waals surface area contributed by atoms with E-state index in [0.29, 0.717) is 13.1 Å². The Balaban J connectivity index is 1.97. The lowest BCUT2D eigenvalue weighted by molar-refractivity contribution is 0.625. The summed E-state index contributed by atoms with van der Waals surface area (Å²) >= 11 is 0. The molecule has 0 unspecified atom stereocenters. The first kappa shape index (κ1) is 12.8. The second kappa shape index (κ2) is 5.42. The van der Waals surface area contributed by atoms with Crippen LogP contribution in [0.5, 0.6) is 0 Å². The first-order valence-electron chi connectivity index (χ1n) is 6.77. The van der Waals surface area contributed by atoms with Crippen molar-refractivity contribution in [2.45, 2.75) is 19.4 Å². The van der Waals surface area contributed by atoms with Gasteiger partial charge in [0.25, 0.3) is 0 Å². The van der Waals surface area contributed by atoms with Gasteiger partial charge in [0.1, 0.15) is 0 Å². The number of aryl methyl sites for hydroxylation is 2. The van der Waals surface area contributed by atoms with Crippen molar-refractivity contribution in [2.75, 3.05) is 6.54 Å². The zero-order valence-corrected chi connectivity index (χ0v) is 11.5. The molecule has 2 aromatic heterocycles. The van der Waals surface area contributed by atoms with Crippen LogP contribution in [0, 0.1) is 0 Å². The molecule has 20 heavy (non-hydrogen) atoms. The van der Waals surface area contributed by atoms with Gasteiger partial charge in [-0.1, -0.05) is 18.2 Å². The molecule has 0 aliphatic heterocycles. The van der Waals surface area contributed by atoms with Gasteiger partial charge in [0.05, 0.1) is 13.6 Å². The van der Waals surface area contributed by atoms with Gasteiger partial charge in [-0.25, -0.2) is 0 Å². The fourth-order valence-electron chi connectivity index (χ4n) is 2.48. The van der Waals surface area contributed by atoms with E-state index >= 15 is 0 Å². The number of fused-ring (bicyclic) bond motifs is 1. The largest absolute Gasteiger partial charge is 0.339 e. The molecule has 6 nitrogen and oxygen atoms in total. The molecule has 0 aliphatic rings. The average molecular weight is 270 g/mol. The van der Waals surface area contributed by atoms with Crippen LogP contribution in [-0.2, 0) is 20.0 Å². The first-order chi connectivity index (χ1) is 9.78. The Morgan fingerprint density at radius 2 is 2.10 bits per heavy atom. The fraction of sp³-hybridized carbons (Fsp3) is 0.357. The smallest absolute Gasteiger partial charge is 0.194 e. The third kappa shape index (κ3) is 2.42. The van der Waals surface area contributed by atoms with E-state index in [1.165, 1.54) is 21.3 Å². The number of nitrogens with two attached hydrogens (primary N) is 1. The van der Waals surface area contributed by atoms with Crippen LogP contribution in [0.3, 0.4) is 0 Å². The Kier molecular flexibility index (Phi) is 3.47. The lowest BCUT2D eigenvalue weighted by Crippen LogP contribution is -2.01. The van der Waals surface area contributed by atoms with Crippen molar-refractivity contribution >= 4 is 10.9 Å². The minimum absolute atomic E-state index is 0.636. The zero-order chi connectivity index (χ0) is 13.9. The molecule has 2 heterocycles. The normalized spacial score (nSPS) is 11.3. The number of aromatic nitrogens is 5. The van der Waals surface area contributed by atoms with Crippen LogP contribution in [-0.4, -0.2) is 31.3 Å². The lowest BCUT2D eigenvalue weighted by Gasteiger charge is -2.00. The van der Waals surface area contributed by atoms with Gasteiger partial charge in [0, 0.05) is 17.1 Å². The van der Waals surface area contributed by atoms with Gasteiger partial charge >= 0.3 is 0 Å². The van der Waals surface area contributed by atoms with Crippen LogP contribution in [0.2, 0.25) is 0 Å². The number of hydrogen-bond donors (Lipinski definition) is 1. The predicted molar refractivity (Wildman–Crippen MR) is 77.2 cm³/mol. The predicted octanol–water partition coefficient (Wildman–Crippen LogP) is 1.10. The maximum absolute atomic E-state index is 5.62. The third-order valence-corrected chi connectivity index (χ3v) is 3.38. The molecule has 6 heteroatoms. The molecule has 0 amide bonds. The monoisotopic (exact) mass is 270 g/mol. The summed E-state index contributed by atoms with van der Waals surface area (Å²) in [4.78, 5) is 1.48. The van der Waals surface area contributed by atoms with Gasteiger partial charge in [0.2, 0.25) is 0 Å². The Morgan fingerprint density at radius 1 is 1.25 bits per heavy atom. The van der Waals surface area contributed by atoms with Crippen LogP contribution >= 0.6 is 0 Å². The molecule has 0 saturated carbocycles. The van der Waals surface area contributed by atoms with E-state index in [-0.39, 0.29) is 0 Å². The summed E-state index contributed by atoms with van der Waals surface area (Å²) in [5.41, 5.74) is 8.15. The first-order valence-corrected chi connectivity index (χ1v) is 6.77. The Labute approximate surface area is 117 Å². The highest BCUT2D eigenvalue weighted by molar-refractivity contribution is 5.84. The van der Waals surface area contributed by atoms with E-state index in [1.807, 2.05) is 0 Å². The summed E-state index contributed by atoms with van der Waals surface area (Å²) in [6, 6.07) is 8.40. The molecule has 0 bridgehead atoms. The van der Waals surface area contributed by atoms with E-state index in [1.54, 1.807) is 7.05 Å². The van der Waals surface area contributed by atoms with Crippen molar-refractivity contribution in [2.24, 2.45) is 12.8 Å². The van der Waals surface area contributed by atoms with E-state index in [0.717, 1.165) is 18.7 Å². The molecule has 0 atom stereocenters. The summed E-state index contributed by atoms with van der Waals surface area (Å²) in [6.45, 7) is 1.35. The molecule has 0 spiro atoms. The quantitative estimate of drug-likeness (QED) is 0.753. The lowest BCUT2D eigenvalue weighted by atomic mass is 10.1. The standard InChI is InChI=1S/C14H18N6/c1-19-17-14(16-18-19)10-20-9-11(5-4-8-15)12-6-2-3-7-13(12)20/h2-3,6-7,9H,4-5,8,10,15H2,1H3. The molecule has 0 fully saturated rings. The number of hydrogen-bond acceptors (Lipinski definition) is 4. The van der Waals surface area contributed by atoms with Gasteiger partial charge < -0.3 is 10.3 Å². The molecule has 0 radical (unpaired) electrons. The highest BCUT2D eigenvalue weighted by atomic mass is 15.6. The molecule has 0 aliphatic carbocycles. The van der Waals surface area contributed by atoms with Crippen molar-refractivity contribution < 1.29 is 0 Å². The topological polar surface area (TPSA) is 74.5 Å². The second-order valence-corrected chi connectivity index (χ2v) is 4.89. The Morgan fingerprint density at radius 3 is 2.85 bits per heavy atom. The highest BCUT2D eigenvalue weighted by Crippen LogP contribution is 2.22. The minimum Gasteiger partial charge on any atom is -0.339 e. The molecule has 104 valence electrons. The fourth-order valence-corrected chi connectivity index (χ4v) is 2.48. The summed E-state index contributed by atoms with van der Waals surface area (Å²) in [5.74, 6) is 0.721. The number of tetrazole rings is 1. The SMILES string of the molecule is Cn1nnc(Cn2cc(CCCN)c3ccccc32)n1. The maximum atomic E-state index is 5.62. The summed E-state index contributed by atoms with van der Waals surface area (Å²) in [7, 11) is 1.77. The van der Waals surface area contributed by atoms with Crippen molar-refractivity contribution in [1.29, 1.82) is 0 Å². The van der Waals surface area contributed by atoms with E-state index in [2.05, 4.69) is 50.4 Å². The van der Waals surface area contributed by atoms with Crippen molar-refractivity contribution in [3.8, 4) is 0 Å². The minimum atomic E-state index is 0.636. The highest BCUT2D eigenvalue weighted by Gasteiger charge is 2.10.